The van der Waals surface area contributed by atoms with Gasteiger partial charge >= 0.3 is 6.18 Å². The minimum Gasteiger partial charge on any atom is -0.348 e. The van der Waals surface area contributed by atoms with Crippen LogP contribution in [-0.2, 0) is 32.2 Å². The van der Waals surface area contributed by atoms with Crippen molar-refractivity contribution in [3.8, 4) is 0 Å². The number of nitrogens with one attached hydrogen (secondary N) is 1. The monoisotopic (exact) mass is 619 g/mol. The van der Waals surface area contributed by atoms with Gasteiger partial charge in [0.1, 0.15) is 0 Å². The fourth-order valence-corrected chi connectivity index (χ4v) is 5.71. The Morgan fingerprint density at radius 3 is 2.26 bits per heavy atom. The van der Waals surface area contributed by atoms with E-state index < -0.39 is 27.5 Å². The Balaban J connectivity index is 1.46. The maximum atomic E-state index is 13.1. The van der Waals surface area contributed by atoms with Crippen LogP contribution >= 0.6 is 0 Å². The minimum atomic E-state index is -4.44. The Labute approximate surface area is 247 Å². The Morgan fingerprint density at radius 2 is 1.70 bits per heavy atom. The molecule has 43 heavy (non-hydrogen) atoms. The van der Waals surface area contributed by atoms with Gasteiger partial charge in [-0.2, -0.15) is 13.2 Å². The van der Waals surface area contributed by atoms with Gasteiger partial charge in [0.2, 0.25) is 11.9 Å². The van der Waals surface area contributed by atoms with E-state index in [2.05, 4.69) is 15.3 Å². The van der Waals surface area contributed by atoms with Crippen molar-refractivity contribution in [2.24, 2.45) is 0 Å². The summed E-state index contributed by atoms with van der Waals surface area (Å²) >= 11 is 0. The quantitative estimate of drug-likeness (QED) is 0.338. The zero-order chi connectivity index (χ0) is 31.4. The van der Waals surface area contributed by atoms with E-state index in [9.17, 15) is 31.2 Å². The van der Waals surface area contributed by atoms with Crippen LogP contribution in [0.5, 0.6) is 0 Å². The minimum absolute atomic E-state index is 0.00647. The predicted molar refractivity (Wildman–Crippen MR) is 152 cm³/mol. The molecule has 1 aliphatic heterocycles. The van der Waals surface area contributed by atoms with Crippen LogP contribution < -0.4 is 10.2 Å². The lowest BCUT2D eigenvalue weighted by Gasteiger charge is -2.25. The topological polar surface area (TPSA) is 122 Å². The number of carbonyl (C=O) groups is 2. The number of amides is 2. The molecule has 3 aromatic rings. The molecule has 0 saturated carbocycles. The molecule has 10 nitrogen and oxygen atoms in total. The van der Waals surface area contributed by atoms with Crippen molar-refractivity contribution in [2.45, 2.75) is 49.3 Å². The van der Waals surface area contributed by atoms with Crippen LogP contribution in [0.25, 0.3) is 0 Å². The summed E-state index contributed by atoms with van der Waals surface area (Å²) in [7, 11) is -0.464. The highest BCUT2D eigenvalue weighted by Gasteiger charge is 2.37. The molecule has 1 aliphatic rings. The number of benzene rings is 2. The summed E-state index contributed by atoms with van der Waals surface area (Å²) in [6, 6.07) is 10.9. The Bertz CT molecular complexity index is 1530. The van der Waals surface area contributed by atoms with Crippen molar-refractivity contribution in [1.29, 1.82) is 0 Å². The van der Waals surface area contributed by atoms with Crippen molar-refractivity contribution in [2.75, 3.05) is 31.4 Å². The zero-order valence-corrected chi connectivity index (χ0v) is 24.7. The highest BCUT2D eigenvalue weighted by molar-refractivity contribution is 7.91. The highest BCUT2D eigenvalue weighted by atomic mass is 32.2. The normalized spacial score (nSPS) is 17.1. The van der Waals surface area contributed by atoms with E-state index in [-0.39, 0.29) is 53.0 Å². The summed E-state index contributed by atoms with van der Waals surface area (Å²) in [4.78, 5) is 41.1. The van der Waals surface area contributed by atoms with E-state index in [4.69, 9.17) is 4.84 Å². The lowest BCUT2D eigenvalue weighted by atomic mass is 9.94. The summed E-state index contributed by atoms with van der Waals surface area (Å²) in [5.41, 5.74) is 0.864. The summed E-state index contributed by atoms with van der Waals surface area (Å²) in [6.45, 7) is 2.08. The van der Waals surface area contributed by atoms with E-state index in [0.717, 1.165) is 17.2 Å². The third kappa shape index (κ3) is 7.68. The van der Waals surface area contributed by atoms with Crippen LogP contribution in [0.3, 0.4) is 0 Å². The summed E-state index contributed by atoms with van der Waals surface area (Å²) in [5.74, 6) is -0.640. The van der Waals surface area contributed by atoms with E-state index in [0.29, 0.717) is 24.1 Å². The average Bonchev–Trinajstić information content (AvgIpc) is 3.42. The van der Waals surface area contributed by atoms with Crippen LogP contribution in [-0.4, -0.2) is 67.8 Å². The number of hydrogen-bond acceptors (Lipinski definition) is 8. The molecule has 2 aromatic carbocycles. The molecule has 1 aromatic heterocycles. The zero-order valence-electron chi connectivity index (χ0n) is 23.8. The fourth-order valence-electron chi connectivity index (χ4n) is 4.83. The molecule has 230 valence electrons. The number of sulfone groups is 1. The molecule has 2 heterocycles. The number of aromatic nitrogens is 2. The van der Waals surface area contributed by atoms with E-state index in [1.165, 1.54) is 50.8 Å². The molecule has 1 unspecified atom stereocenters. The Morgan fingerprint density at radius 1 is 1.07 bits per heavy atom. The number of alkyl halides is 3. The molecule has 0 spiro atoms. The predicted octanol–water partition coefficient (Wildman–Crippen LogP) is 3.99. The molecule has 1 N–H and O–H groups in total. The van der Waals surface area contributed by atoms with Crippen LogP contribution in [0.1, 0.15) is 52.7 Å². The van der Waals surface area contributed by atoms with E-state index in [1.807, 2.05) is 4.90 Å². The molecular weight excluding hydrogens is 587 g/mol. The van der Waals surface area contributed by atoms with Crippen LogP contribution in [0, 0.1) is 0 Å². The number of carbonyl (C=O) groups excluding carboxylic acids is 2. The van der Waals surface area contributed by atoms with Gasteiger partial charge in [-0.05, 0) is 41.8 Å². The maximum Gasteiger partial charge on any atom is 0.416 e. The standard InChI is InChI=1S/C29H32F3N5O5S/c1-4-43(40,41)25-11-5-19(6-12-25)15-33-27(39)22-16-34-28(35-17-22)37-18-21(13-24(37)14-26(38)36(2)42-3)20-7-9-23(10-8-20)29(30,31)32/h5-12,16-17,21,24H,4,13-15,18H2,1-3H3,(H,33,39)/t21?,24-/m0/s1. The number of hydroxylamine groups is 2. The van der Waals surface area contributed by atoms with Gasteiger partial charge in [0, 0.05) is 50.9 Å². The van der Waals surface area contributed by atoms with Gasteiger partial charge in [-0.1, -0.05) is 31.2 Å². The van der Waals surface area contributed by atoms with Crippen LogP contribution in [0.4, 0.5) is 19.1 Å². The van der Waals surface area contributed by atoms with Gasteiger partial charge in [0.05, 0.1) is 28.9 Å². The van der Waals surface area contributed by atoms with Gasteiger partial charge < -0.3 is 10.2 Å². The van der Waals surface area contributed by atoms with Gasteiger partial charge in [-0.25, -0.2) is 23.4 Å². The van der Waals surface area contributed by atoms with Crippen LogP contribution in [0.15, 0.2) is 65.8 Å². The Hall–Kier alpha value is -4.04. The Kier molecular flexibility index (Phi) is 9.70. The van der Waals surface area contributed by atoms with E-state index in [1.54, 1.807) is 19.1 Å². The molecule has 2 amide bonds. The van der Waals surface area contributed by atoms with Gasteiger partial charge in [-0.3, -0.25) is 14.4 Å². The van der Waals surface area contributed by atoms with Crippen molar-refractivity contribution in [3.05, 3.63) is 83.2 Å². The number of halogens is 3. The molecule has 0 bridgehead atoms. The molecule has 0 aliphatic carbocycles. The molecule has 1 saturated heterocycles. The first-order valence-corrected chi connectivity index (χ1v) is 15.1. The highest BCUT2D eigenvalue weighted by Crippen LogP contribution is 2.37. The van der Waals surface area contributed by atoms with Crippen molar-refractivity contribution >= 4 is 27.6 Å². The molecule has 4 rings (SSSR count). The third-order valence-corrected chi connectivity index (χ3v) is 9.18. The lowest BCUT2D eigenvalue weighted by molar-refractivity contribution is -0.169. The SMILES string of the molecule is CCS(=O)(=O)c1ccc(CNC(=O)c2cnc(N3CC(c4ccc(C(F)(F)F)cc4)C[C@H]3CC(=O)N(C)OC)nc2)cc1. The second-order valence-electron chi connectivity index (χ2n) is 10.1. The smallest absolute Gasteiger partial charge is 0.348 e. The third-order valence-electron chi connectivity index (χ3n) is 7.43. The van der Waals surface area contributed by atoms with Gasteiger partial charge in [-0.15, -0.1) is 0 Å². The van der Waals surface area contributed by atoms with Crippen molar-refractivity contribution in [1.82, 2.24) is 20.3 Å². The maximum absolute atomic E-state index is 13.1. The number of anilines is 1. The van der Waals surface area contributed by atoms with Crippen molar-refractivity contribution < 1.29 is 36.0 Å². The lowest BCUT2D eigenvalue weighted by Crippen LogP contribution is -2.37. The first-order chi connectivity index (χ1) is 20.3. The summed E-state index contributed by atoms with van der Waals surface area (Å²) < 4.78 is 63.2. The van der Waals surface area contributed by atoms with E-state index >= 15 is 0 Å². The molecule has 1 fully saturated rings. The summed E-state index contributed by atoms with van der Waals surface area (Å²) in [5, 5.41) is 3.85. The first kappa shape index (κ1) is 31.9. The molecule has 2 atom stereocenters. The van der Waals surface area contributed by atoms with Crippen LogP contribution in [0.2, 0.25) is 0 Å². The fraction of sp³-hybridized carbons (Fsp3) is 0.379. The first-order valence-electron chi connectivity index (χ1n) is 13.5. The van der Waals surface area contributed by atoms with Gasteiger partial charge in [0.25, 0.3) is 5.91 Å². The molecular formula is C29H32F3N5O5S. The van der Waals surface area contributed by atoms with Gasteiger partial charge in [0.15, 0.2) is 9.84 Å². The second kappa shape index (κ2) is 13.1. The average molecular weight is 620 g/mol. The molecule has 14 heteroatoms. The largest absolute Gasteiger partial charge is 0.416 e. The second-order valence-corrected chi connectivity index (χ2v) is 12.4. The number of rotatable bonds is 10. The van der Waals surface area contributed by atoms with Crippen molar-refractivity contribution in [3.63, 3.8) is 0 Å². The number of hydrogen-bond donors (Lipinski definition) is 1. The molecule has 0 radical (unpaired) electrons. The number of nitrogens with zero attached hydrogens (tertiary/aromatic N) is 4. The summed E-state index contributed by atoms with van der Waals surface area (Å²) in [6.07, 6.45) is -1.19.